The van der Waals surface area contributed by atoms with Crippen LogP contribution < -0.4 is 5.11 Å². The molecule has 4 N–H and O–H groups in total. The lowest BCUT2D eigenvalue weighted by atomic mass is 10.1. The molecule has 0 saturated carbocycles. The second kappa shape index (κ2) is 4.24. The lowest BCUT2D eigenvalue weighted by Gasteiger charge is -2.21. The van der Waals surface area contributed by atoms with Crippen molar-refractivity contribution in [2.75, 3.05) is 6.61 Å². The molecule has 0 rings (SSSR count). The summed E-state index contributed by atoms with van der Waals surface area (Å²) in [6.07, 6.45) is -5.79. The number of aliphatic hydroxyl groups is 4. The van der Waals surface area contributed by atoms with Crippen LogP contribution in [-0.2, 0) is 4.79 Å². The summed E-state index contributed by atoms with van der Waals surface area (Å²) in [7, 11) is 0. The van der Waals surface area contributed by atoms with E-state index >= 15 is 0 Å². The van der Waals surface area contributed by atoms with Gasteiger partial charge in [-0.15, -0.1) is 0 Å². The fraction of sp³-hybridized carbons (Fsp3) is 0.800. The highest BCUT2D eigenvalue weighted by atomic mass is 16.4. The van der Waals surface area contributed by atoms with Crippen LogP contribution in [0, 0.1) is 0 Å². The van der Waals surface area contributed by atoms with Gasteiger partial charge >= 0.3 is 0 Å². The summed E-state index contributed by atoms with van der Waals surface area (Å²) in [5.74, 6) is -1.90. The Morgan fingerprint density at radius 2 is 1.82 bits per heavy atom. The molecular formula is C5H9O6-. The Hall–Kier alpha value is -0.690. The molecule has 0 aliphatic heterocycles. The highest BCUT2D eigenvalue weighted by molar-refractivity contribution is 5.70. The van der Waals surface area contributed by atoms with Crippen LogP contribution in [-0.4, -0.2) is 51.3 Å². The van der Waals surface area contributed by atoms with Gasteiger partial charge in [0.15, 0.2) is 0 Å². The molecule has 0 aliphatic rings. The monoisotopic (exact) mass is 165 g/mol. The van der Waals surface area contributed by atoms with Crippen molar-refractivity contribution in [2.24, 2.45) is 0 Å². The van der Waals surface area contributed by atoms with Gasteiger partial charge in [0.1, 0.15) is 18.3 Å². The normalized spacial score (nSPS) is 18.9. The number of aliphatic hydroxyl groups excluding tert-OH is 4. The molecule has 0 fully saturated rings. The number of rotatable bonds is 4. The first kappa shape index (κ1) is 10.3. The topological polar surface area (TPSA) is 121 Å². The average Bonchev–Trinajstić information content (AvgIpc) is 2.00. The molecule has 6 nitrogen and oxygen atoms in total. The Bertz CT molecular complexity index is 135. The van der Waals surface area contributed by atoms with Crippen LogP contribution in [0.25, 0.3) is 0 Å². The molecule has 0 radical (unpaired) electrons. The zero-order valence-corrected chi connectivity index (χ0v) is 5.54. The number of aliphatic carboxylic acids is 1. The van der Waals surface area contributed by atoms with Crippen LogP contribution in [0.15, 0.2) is 0 Å². The lowest BCUT2D eigenvalue weighted by Crippen LogP contribution is -2.49. The standard InChI is InChI=1S/C5H10O6/c6-1-2(7)3(8)4(9)5(10)11/h2-4,6-9H,1H2,(H,10,11)/p-1/t2-,3-,4+/m0/s1. The number of hydrogen-bond acceptors (Lipinski definition) is 6. The molecule has 0 amide bonds. The maximum Gasteiger partial charge on any atom is 0.122 e. The van der Waals surface area contributed by atoms with Crippen molar-refractivity contribution >= 4 is 5.97 Å². The zero-order chi connectivity index (χ0) is 9.02. The fourth-order valence-electron chi connectivity index (χ4n) is 0.458. The Balaban J connectivity index is 4.00. The Labute approximate surface area is 62.3 Å². The van der Waals surface area contributed by atoms with Gasteiger partial charge in [0, 0.05) is 0 Å². The molecule has 0 aromatic heterocycles. The third kappa shape index (κ3) is 2.81. The summed E-state index contributed by atoms with van der Waals surface area (Å²) in [5, 5.41) is 43.8. The minimum absolute atomic E-state index is 0.828. The third-order valence-corrected chi connectivity index (χ3v) is 1.15. The molecular weight excluding hydrogens is 156 g/mol. The van der Waals surface area contributed by atoms with Crippen LogP contribution in [0.2, 0.25) is 0 Å². The molecule has 3 atom stereocenters. The van der Waals surface area contributed by atoms with E-state index in [-0.39, 0.29) is 0 Å². The fourth-order valence-corrected chi connectivity index (χ4v) is 0.458. The first-order valence-electron chi connectivity index (χ1n) is 2.86. The van der Waals surface area contributed by atoms with Gasteiger partial charge in [-0.2, -0.15) is 0 Å². The summed E-state index contributed by atoms with van der Waals surface area (Å²) in [6, 6.07) is 0. The number of carboxylic acid groups (broad SMARTS) is 1. The van der Waals surface area contributed by atoms with Crippen LogP contribution in [0.1, 0.15) is 0 Å². The highest BCUT2D eigenvalue weighted by Crippen LogP contribution is 1.98. The number of carboxylic acids is 1. The van der Waals surface area contributed by atoms with Gasteiger partial charge < -0.3 is 30.3 Å². The zero-order valence-electron chi connectivity index (χ0n) is 5.54. The molecule has 0 heterocycles. The van der Waals surface area contributed by atoms with E-state index in [1.165, 1.54) is 0 Å². The van der Waals surface area contributed by atoms with Gasteiger partial charge in [0.2, 0.25) is 0 Å². The lowest BCUT2D eigenvalue weighted by molar-refractivity contribution is -0.319. The van der Waals surface area contributed by atoms with Gasteiger partial charge in [-0.1, -0.05) is 0 Å². The predicted molar refractivity (Wildman–Crippen MR) is 30.1 cm³/mol. The molecule has 0 saturated heterocycles. The van der Waals surface area contributed by atoms with E-state index < -0.39 is 30.9 Å². The van der Waals surface area contributed by atoms with E-state index in [2.05, 4.69) is 0 Å². The van der Waals surface area contributed by atoms with Gasteiger partial charge in [0.25, 0.3) is 0 Å². The summed E-state index contributed by atoms with van der Waals surface area (Å²) in [6.45, 7) is -0.828. The Morgan fingerprint density at radius 1 is 1.36 bits per heavy atom. The maximum atomic E-state index is 9.85. The van der Waals surface area contributed by atoms with Crippen molar-refractivity contribution in [1.29, 1.82) is 0 Å². The molecule has 11 heavy (non-hydrogen) atoms. The van der Waals surface area contributed by atoms with Gasteiger partial charge in [-0.3, -0.25) is 0 Å². The molecule has 0 bridgehead atoms. The minimum atomic E-state index is -2.18. The predicted octanol–water partition coefficient (Wildman–Crippen LogP) is -4.19. The number of hydrogen-bond donors (Lipinski definition) is 4. The van der Waals surface area contributed by atoms with Gasteiger partial charge in [-0.05, 0) is 0 Å². The van der Waals surface area contributed by atoms with Crippen LogP contribution >= 0.6 is 0 Å². The quantitative estimate of drug-likeness (QED) is 0.335. The van der Waals surface area contributed by atoms with E-state index in [1.807, 2.05) is 0 Å². The van der Waals surface area contributed by atoms with E-state index in [9.17, 15) is 9.90 Å². The van der Waals surface area contributed by atoms with Crippen molar-refractivity contribution in [3.05, 3.63) is 0 Å². The van der Waals surface area contributed by atoms with Crippen molar-refractivity contribution < 1.29 is 30.3 Å². The largest absolute Gasteiger partial charge is 0.547 e. The van der Waals surface area contributed by atoms with Crippen LogP contribution in [0.5, 0.6) is 0 Å². The second-order valence-corrected chi connectivity index (χ2v) is 2.00. The maximum absolute atomic E-state index is 9.85. The van der Waals surface area contributed by atoms with Crippen molar-refractivity contribution in [1.82, 2.24) is 0 Å². The Morgan fingerprint density at radius 3 is 2.09 bits per heavy atom. The first-order chi connectivity index (χ1) is 5.00. The third-order valence-electron chi connectivity index (χ3n) is 1.15. The smallest absolute Gasteiger partial charge is 0.122 e. The molecule has 66 valence electrons. The van der Waals surface area contributed by atoms with Crippen LogP contribution in [0.4, 0.5) is 0 Å². The SMILES string of the molecule is O=C([O-])[C@H](O)[C@@H](O)[C@@H](O)CO. The molecule has 0 unspecified atom stereocenters. The molecule has 0 spiro atoms. The van der Waals surface area contributed by atoms with Crippen molar-refractivity contribution in [2.45, 2.75) is 18.3 Å². The molecule has 0 aromatic carbocycles. The molecule has 0 aliphatic carbocycles. The first-order valence-corrected chi connectivity index (χ1v) is 2.86. The van der Waals surface area contributed by atoms with Crippen molar-refractivity contribution in [3.63, 3.8) is 0 Å². The summed E-state index contributed by atoms with van der Waals surface area (Å²) in [5.41, 5.74) is 0. The van der Waals surface area contributed by atoms with E-state index in [0.29, 0.717) is 0 Å². The minimum Gasteiger partial charge on any atom is -0.547 e. The number of carbonyl (C=O) groups excluding carboxylic acids is 1. The van der Waals surface area contributed by atoms with Crippen molar-refractivity contribution in [3.8, 4) is 0 Å². The molecule has 6 heteroatoms. The summed E-state index contributed by atoms with van der Waals surface area (Å²) >= 11 is 0. The van der Waals surface area contributed by atoms with E-state index in [4.69, 9.17) is 20.4 Å². The van der Waals surface area contributed by atoms with Gasteiger partial charge in [0.05, 0.1) is 12.6 Å². The highest BCUT2D eigenvalue weighted by Gasteiger charge is 2.24. The van der Waals surface area contributed by atoms with Crippen LogP contribution in [0.3, 0.4) is 0 Å². The molecule has 0 aromatic rings. The van der Waals surface area contributed by atoms with Gasteiger partial charge in [-0.25, -0.2) is 0 Å². The number of carbonyl (C=O) groups is 1. The van der Waals surface area contributed by atoms with E-state index in [0.717, 1.165) is 0 Å². The Kier molecular flexibility index (Phi) is 3.98. The summed E-state index contributed by atoms with van der Waals surface area (Å²) < 4.78 is 0. The average molecular weight is 165 g/mol. The van der Waals surface area contributed by atoms with E-state index in [1.54, 1.807) is 0 Å². The second-order valence-electron chi connectivity index (χ2n) is 2.00. The summed E-state index contributed by atoms with van der Waals surface area (Å²) in [4.78, 5) is 9.85.